The van der Waals surface area contributed by atoms with Gasteiger partial charge >= 0.3 is 0 Å². The second-order valence-electron chi connectivity index (χ2n) is 15.5. The quantitative estimate of drug-likeness (QED) is 0.287. The molecule has 44 heavy (non-hydrogen) atoms. The average molecular weight is 602 g/mol. The van der Waals surface area contributed by atoms with Gasteiger partial charge < -0.3 is 14.7 Å². The van der Waals surface area contributed by atoms with Crippen molar-refractivity contribution in [3.8, 4) is 0 Å². The van der Waals surface area contributed by atoms with Gasteiger partial charge in [-0.2, -0.15) is 0 Å². The first-order chi connectivity index (χ1) is 20.9. The van der Waals surface area contributed by atoms with Gasteiger partial charge in [-0.1, -0.05) is 36.4 Å². The van der Waals surface area contributed by atoms with E-state index in [9.17, 15) is 4.79 Å². The Labute approximate surface area is 268 Å². The molecule has 242 valence electrons. The Bertz CT molecular complexity index is 1270. The molecule has 0 aliphatic carbocycles. The second-order valence-corrected chi connectivity index (χ2v) is 15.5. The molecule has 3 unspecified atom stereocenters. The molecule has 0 bridgehead atoms. The fourth-order valence-corrected chi connectivity index (χ4v) is 8.32. The van der Waals surface area contributed by atoms with Crippen LogP contribution in [0.25, 0.3) is 0 Å². The molecule has 1 amide bonds. The van der Waals surface area contributed by atoms with Gasteiger partial charge in [0.05, 0.1) is 0 Å². The van der Waals surface area contributed by atoms with E-state index in [0.29, 0.717) is 18.1 Å². The number of hydrogen-bond donors (Lipinski definition) is 0. The van der Waals surface area contributed by atoms with E-state index in [1.807, 2.05) is 24.1 Å². The Balaban J connectivity index is 1.27. The maximum absolute atomic E-state index is 14.0. The normalized spacial score (nSPS) is 23.9. The zero-order valence-electron chi connectivity index (χ0n) is 29.0. The molecule has 3 aliphatic rings. The lowest BCUT2D eigenvalue weighted by Crippen LogP contribution is -2.46. The molecule has 0 saturated carbocycles. The molecule has 0 spiro atoms. The predicted molar refractivity (Wildman–Crippen MR) is 185 cm³/mol. The lowest BCUT2D eigenvalue weighted by molar-refractivity contribution is 0.0676. The number of nitrogens with zero attached hydrogens (tertiary/aromatic N) is 5. The highest BCUT2D eigenvalue weighted by Crippen LogP contribution is 2.43. The maximum atomic E-state index is 14.0. The largest absolute Gasteiger partial charge is 0.373 e. The summed E-state index contributed by atoms with van der Waals surface area (Å²) in [4.78, 5) is 26.3. The van der Waals surface area contributed by atoms with E-state index >= 15 is 0 Å². The molecule has 5 rings (SSSR count). The maximum Gasteiger partial charge on any atom is 0.253 e. The number of likely N-dealkylation sites (N-methyl/N-ethyl adjacent to an activating group) is 2. The Morgan fingerprint density at radius 3 is 2.05 bits per heavy atom. The van der Waals surface area contributed by atoms with E-state index < -0.39 is 0 Å². The van der Waals surface area contributed by atoms with Crippen LogP contribution < -0.4 is 4.90 Å². The van der Waals surface area contributed by atoms with Crippen LogP contribution in [0.4, 0.5) is 5.69 Å². The number of likely N-dealkylation sites (tertiary alicyclic amines) is 3. The molecule has 3 aliphatic heterocycles. The molecule has 3 fully saturated rings. The summed E-state index contributed by atoms with van der Waals surface area (Å²) in [6, 6.07) is 18.8. The van der Waals surface area contributed by atoms with Crippen molar-refractivity contribution in [3.05, 3.63) is 65.2 Å². The Morgan fingerprint density at radius 2 is 1.39 bits per heavy atom. The summed E-state index contributed by atoms with van der Waals surface area (Å²) < 4.78 is 0. The summed E-state index contributed by atoms with van der Waals surface area (Å²) in [5, 5.41) is 0. The second kappa shape index (κ2) is 13.5. The Morgan fingerprint density at radius 1 is 0.795 bits per heavy atom. The number of hydrogen-bond acceptors (Lipinski definition) is 5. The highest BCUT2D eigenvalue weighted by Gasteiger charge is 2.39. The molecular formula is C38H59N5O. The lowest BCUT2D eigenvalue weighted by atomic mass is 9.92. The third kappa shape index (κ3) is 7.03. The molecule has 0 aromatic heterocycles. The van der Waals surface area contributed by atoms with Crippen LogP contribution in [0.15, 0.2) is 48.5 Å². The number of amides is 1. The van der Waals surface area contributed by atoms with Crippen LogP contribution in [0.5, 0.6) is 0 Å². The molecule has 0 radical (unpaired) electrons. The van der Waals surface area contributed by atoms with Crippen LogP contribution in [0.1, 0.15) is 113 Å². The molecule has 6 nitrogen and oxygen atoms in total. The van der Waals surface area contributed by atoms with Gasteiger partial charge in [0.2, 0.25) is 0 Å². The minimum Gasteiger partial charge on any atom is -0.373 e. The minimum atomic E-state index is -0.0267. The topological polar surface area (TPSA) is 33.3 Å². The first-order valence-corrected chi connectivity index (χ1v) is 17.3. The van der Waals surface area contributed by atoms with Gasteiger partial charge in [0.25, 0.3) is 5.91 Å². The number of carbonyl (C=O) groups is 1. The number of carbonyl (C=O) groups excluding carboxylic acids is 1. The van der Waals surface area contributed by atoms with Crippen LogP contribution in [-0.2, 0) is 0 Å². The average Bonchev–Trinajstić information content (AvgIpc) is 3.77. The fraction of sp³-hybridized carbons (Fsp3) is 0.658. The lowest BCUT2D eigenvalue weighted by Gasteiger charge is -2.42. The molecule has 3 heterocycles. The van der Waals surface area contributed by atoms with E-state index in [2.05, 4.69) is 105 Å². The smallest absolute Gasteiger partial charge is 0.253 e. The summed E-state index contributed by atoms with van der Waals surface area (Å²) in [7, 11) is 6.55. The first-order valence-electron chi connectivity index (χ1n) is 17.3. The van der Waals surface area contributed by atoms with Gasteiger partial charge in [0, 0.05) is 67.6 Å². The number of benzene rings is 2. The fourth-order valence-electron chi connectivity index (χ4n) is 8.32. The van der Waals surface area contributed by atoms with Crippen molar-refractivity contribution in [2.24, 2.45) is 0 Å². The van der Waals surface area contributed by atoms with Crippen molar-refractivity contribution in [2.75, 3.05) is 58.8 Å². The molecule has 2 aromatic carbocycles. The Hall–Kier alpha value is -2.41. The van der Waals surface area contributed by atoms with Crippen molar-refractivity contribution in [1.82, 2.24) is 19.6 Å². The van der Waals surface area contributed by atoms with Gasteiger partial charge in [-0.05, 0) is 130 Å². The highest BCUT2D eigenvalue weighted by atomic mass is 16.2. The molecule has 2 aromatic rings. The van der Waals surface area contributed by atoms with E-state index in [1.54, 1.807) is 0 Å². The summed E-state index contributed by atoms with van der Waals surface area (Å²) in [5.41, 5.74) is 4.96. The van der Waals surface area contributed by atoms with Gasteiger partial charge in [0.15, 0.2) is 0 Å². The monoisotopic (exact) mass is 601 g/mol. The molecular weight excluding hydrogens is 542 g/mol. The van der Waals surface area contributed by atoms with Crippen LogP contribution in [0.2, 0.25) is 0 Å². The van der Waals surface area contributed by atoms with E-state index in [4.69, 9.17) is 0 Å². The highest BCUT2D eigenvalue weighted by molar-refractivity contribution is 5.95. The Kier molecular flexibility index (Phi) is 10.1. The standard InChI is InChI=1S/C38H59N5O/c1-37(2,3)42-25-14-21-34(42)30-17-9-10-18-31(30)36(44)40(7)27-23-38(4,5)43-26-15-22-35(43)32-19-11-12-20-33(32)41(8)28-29-16-13-24-39(29)6/h9-12,17-20,29,34-35H,13-16,21-28H2,1-8H3. The zero-order valence-corrected chi connectivity index (χ0v) is 29.0. The molecule has 0 N–H and O–H groups in total. The summed E-state index contributed by atoms with van der Waals surface area (Å²) in [6.07, 6.45) is 8.23. The molecule has 3 saturated heterocycles. The SMILES string of the molecule is CN(CCC(C)(C)N1CCCC1c1ccccc1N(C)CC1CCCN1C)C(=O)c1ccccc1C1CCCN1C(C)(C)C. The number of para-hydroxylation sites is 1. The van der Waals surface area contributed by atoms with Gasteiger partial charge in [-0.15, -0.1) is 0 Å². The number of rotatable bonds is 10. The van der Waals surface area contributed by atoms with Gasteiger partial charge in [-0.3, -0.25) is 14.6 Å². The van der Waals surface area contributed by atoms with Crippen LogP contribution in [0, 0.1) is 0 Å². The third-order valence-corrected chi connectivity index (χ3v) is 11.0. The van der Waals surface area contributed by atoms with Crippen molar-refractivity contribution in [2.45, 2.75) is 109 Å². The van der Waals surface area contributed by atoms with Crippen molar-refractivity contribution in [3.63, 3.8) is 0 Å². The van der Waals surface area contributed by atoms with Crippen LogP contribution >= 0.6 is 0 Å². The zero-order chi connectivity index (χ0) is 31.6. The summed E-state index contributed by atoms with van der Waals surface area (Å²) in [6.45, 7) is 16.9. The summed E-state index contributed by atoms with van der Waals surface area (Å²) in [5.74, 6) is 0.152. The van der Waals surface area contributed by atoms with E-state index in [-0.39, 0.29) is 17.0 Å². The van der Waals surface area contributed by atoms with Crippen molar-refractivity contribution >= 4 is 11.6 Å². The van der Waals surface area contributed by atoms with Gasteiger partial charge in [0.1, 0.15) is 0 Å². The van der Waals surface area contributed by atoms with Crippen LogP contribution in [-0.4, -0.2) is 96.5 Å². The molecule has 6 heteroatoms. The van der Waals surface area contributed by atoms with E-state index in [1.165, 1.54) is 55.5 Å². The first kappa shape index (κ1) is 33.0. The van der Waals surface area contributed by atoms with E-state index in [0.717, 1.165) is 44.6 Å². The minimum absolute atomic E-state index is 0.0267. The van der Waals surface area contributed by atoms with Crippen molar-refractivity contribution in [1.29, 1.82) is 0 Å². The molecule has 3 atom stereocenters. The van der Waals surface area contributed by atoms with Gasteiger partial charge in [-0.25, -0.2) is 0 Å². The van der Waals surface area contributed by atoms with Crippen LogP contribution in [0.3, 0.4) is 0 Å². The van der Waals surface area contributed by atoms with Crippen molar-refractivity contribution < 1.29 is 4.79 Å². The third-order valence-electron chi connectivity index (χ3n) is 11.0. The summed E-state index contributed by atoms with van der Waals surface area (Å²) >= 11 is 0. The predicted octanol–water partition coefficient (Wildman–Crippen LogP) is 7.23. The number of anilines is 1.